The summed E-state index contributed by atoms with van der Waals surface area (Å²) in [5, 5.41) is 3.06. The third-order valence-electron chi connectivity index (χ3n) is 3.91. The number of carbonyl (C=O) groups is 1. The van der Waals surface area contributed by atoms with Crippen molar-refractivity contribution in [3.05, 3.63) is 39.5 Å². The van der Waals surface area contributed by atoms with Crippen LogP contribution in [0.5, 0.6) is 0 Å². The third kappa shape index (κ3) is 1.81. The van der Waals surface area contributed by atoms with E-state index in [0.717, 1.165) is 23.0 Å². The standard InChI is InChI=1S/C15H16BrNO/c1-15(2)8-13-11(5-6-14(18)17-13)10-4-3-9(16)7-12(10)15/h3-4,7H,5-6,8H2,1-2H3,(H,17,18). The van der Waals surface area contributed by atoms with Crippen molar-refractivity contribution in [1.82, 2.24) is 5.32 Å². The quantitative estimate of drug-likeness (QED) is 0.777. The summed E-state index contributed by atoms with van der Waals surface area (Å²) in [7, 11) is 0. The van der Waals surface area contributed by atoms with Gasteiger partial charge in [-0.2, -0.15) is 0 Å². The van der Waals surface area contributed by atoms with Crippen LogP contribution in [0.25, 0.3) is 5.57 Å². The van der Waals surface area contributed by atoms with Crippen molar-refractivity contribution in [1.29, 1.82) is 0 Å². The minimum absolute atomic E-state index is 0.0720. The Balaban J connectivity index is 2.20. The second-order valence-electron chi connectivity index (χ2n) is 5.76. The molecule has 1 heterocycles. The first kappa shape index (κ1) is 12.0. The zero-order valence-electron chi connectivity index (χ0n) is 10.6. The van der Waals surface area contributed by atoms with E-state index in [4.69, 9.17) is 0 Å². The number of nitrogens with one attached hydrogen (secondary N) is 1. The first-order chi connectivity index (χ1) is 8.47. The summed E-state index contributed by atoms with van der Waals surface area (Å²) >= 11 is 3.55. The van der Waals surface area contributed by atoms with Crippen LogP contribution in [0.1, 0.15) is 44.2 Å². The lowest BCUT2D eigenvalue weighted by Gasteiger charge is -2.37. The van der Waals surface area contributed by atoms with Crippen LogP contribution >= 0.6 is 15.9 Å². The van der Waals surface area contributed by atoms with Gasteiger partial charge in [0.25, 0.3) is 0 Å². The first-order valence-corrected chi connectivity index (χ1v) is 7.09. The predicted octanol–water partition coefficient (Wildman–Crippen LogP) is 3.75. The summed E-state index contributed by atoms with van der Waals surface area (Å²) in [6.07, 6.45) is 2.39. The molecule has 1 aromatic carbocycles. The first-order valence-electron chi connectivity index (χ1n) is 6.30. The van der Waals surface area contributed by atoms with Gasteiger partial charge < -0.3 is 5.32 Å². The zero-order chi connectivity index (χ0) is 12.9. The zero-order valence-corrected chi connectivity index (χ0v) is 12.2. The Hall–Kier alpha value is -1.09. The summed E-state index contributed by atoms with van der Waals surface area (Å²) < 4.78 is 1.12. The summed E-state index contributed by atoms with van der Waals surface area (Å²) in [5.74, 6) is 0.158. The van der Waals surface area contributed by atoms with E-state index in [1.165, 1.54) is 16.7 Å². The monoisotopic (exact) mass is 305 g/mol. The maximum Gasteiger partial charge on any atom is 0.224 e. The Morgan fingerprint density at radius 2 is 2.06 bits per heavy atom. The minimum atomic E-state index is 0.0720. The van der Waals surface area contributed by atoms with Crippen LogP contribution in [-0.2, 0) is 10.2 Å². The highest BCUT2D eigenvalue weighted by atomic mass is 79.9. The molecule has 2 aliphatic rings. The van der Waals surface area contributed by atoms with E-state index >= 15 is 0 Å². The van der Waals surface area contributed by atoms with Crippen LogP contribution in [0.15, 0.2) is 28.4 Å². The molecule has 1 amide bonds. The molecule has 0 saturated carbocycles. The second kappa shape index (κ2) is 3.95. The van der Waals surface area contributed by atoms with E-state index in [-0.39, 0.29) is 11.3 Å². The van der Waals surface area contributed by atoms with Crippen molar-refractivity contribution in [2.75, 3.05) is 0 Å². The molecule has 0 fully saturated rings. The SMILES string of the molecule is CC1(C)CC2=C(CCC(=O)N2)c2ccc(Br)cc21. The predicted molar refractivity (Wildman–Crippen MR) is 76.1 cm³/mol. The van der Waals surface area contributed by atoms with Crippen LogP contribution in [0.3, 0.4) is 0 Å². The molecule has 2 nitrogen and oxygen atoms in total. The summed E-state index contributed by atoms with van der Waals surface area (Å²) in [6.45, 7) is 4.48. The van der Waals surface area contributed by atoms with Crippen molar-refractivity contribution in [2.24, 2.45) is 0 Å². The molecule has 1 aliphatic carbocycles. The van der Waals surface area contributed by atoms with Gasteiger partial charge in [-0.1, -0.05) is 35.8 Å². The highest BCUT2D eigenvalue weighted by Crippen LogP contribution is 2.45. The minimum Gasteiger partial charge on any atom is -0.329 e. The number of fused-ring (bicyclic) bond motifs is 2. The van der Waals surface area contributed by atoms with Gasteiger partial charge in [-0.25, -0.2) is 0 Å². The summed E-state index contributed by atoms with van der Waals surface area (Å²) in [4.78, 5) is 11.5. The molecule has 1 aliphatic heterocycles. The van der Waals surface area contributed by atoms with E-state index in [2.05, 4.69) is 53.3 Å². The molecule has 0 radical (unpaired) electrons. The van der Waals surface area contributed by atoms with Gasteiger partial charge in [0.1, 0.15) is 0 Å². The molecule has 0 unspecified atom stereocenters. The molecule has 18 heavy (non-hydrogen) atoms. The van der Waals surface area contributed by atoms with Gasteiger partial charge in [0, 0.05) is 16.6 Å². The molecule has 1 aromatic rings. The molecular formula is C15H16BrNO. The van der Waals surface area contributed by atoms with Crippen molar-refractivity contribution in [3.8, 4) is 0 Å². The lowest BCUT2D eigenvalue weighted by atomic mass is 9.70. The third-order valence-corrected chi connectivity index (χ3v) is 4.40. The summed E-state index contributed by atoms with van der Waals surface area (Å²) in [6, 6.07) is 6.48. The fraction of sp³-hybridized carbons (Fsp3) is 0.400. The smallest absolute Gasteiger partial charge is 0.224 e. The molecule has 0 saturated heterocycles. The Kier molecular flexibility index (Phi) is 2.63. The lowest BCUT2D eigenvalue weighted by Crippen LogP contribution is -2.35. The molecule has 0 atom stereocenters. The molecule has 1 N–H and O–H groups in total. The van der Waals surface area contributed by atoms with E-state index in [1.807, 2.05) is 0 Å². The number of benzene rings is 1. The van der Waals surface area contributed by atoms with Gasteiger partial charge in [0.15, 0.2) is 0 Å². The molecule has 3 rings (SSSR count). The number of rotatable bonds is 0. The molecular weight excluding hydrogens is 290 g/mol. The Morgan fingerprint density at radius 3 is 2.83 bits per heavy atom. The number of halogens is 1. The number of amides is 1. The van der Waals surface area contributed by atoms with Gasteiger partial charge >= 0.3 is 0 Å². The lowest BCUT2D eigenvalue weighted by molar-refractivity contribution is -0.120. The average molecular weight is 306 g/mol. The largest absolute Gasteiger partial charge is 0.329 e. The van der Waals surface area contributed by atoms with Gasteiger partial charge in [0.05, 0.1) is 0 Å². The number of hydrogen-bond acceptors (Lipinski definition) is 1. The topological polar surface area (TPSA) is 29.1 Å². The Labute approximate surface area is 116 Å². The molecule has 3 heteroatoms. The van der Waals surface area contributed by atoms with Crippen molar-refractivity contribution in [3.63, 3.8) is 0 Å². The van der Waals surface area contributed by atoms with Crippen molar-refractivity contribution >= 4 is 27.4 Å². The Morgan fingerprint density at radius 1 is 1.28 bits per heavy atom. The van der Waals surface area contributed by atoms with E-state index in [1.54, 1.807) is 0 Å². The van der Waals surface area contributed by atoms with E-state index in [9.17, 15) is 4.79 Å². The Bertz CT molecular complexity index is 572. The van der Waals surface area contributed by atoms with Crippen LogP contribution in [0.4, 0.5) is 0 Å². The molecule has 0 aromatic heterocycles. The maximum atomic E-state index is 11.5. The van der Waals surface area contributed by atoms with Crippen molar-refractivity contribution < 1.29 is 4.79 Å². The number of hydrogen-bond donors (Lipinski definition) is 1. The van der Waals surface area contributed by atoms with Gasteiger partial charge in [-0.15, -0.1) is 0 Å². The van der Waals surface area contributed by atoms with E-state index < -0.39 is 0 Å². The molecule has 94 valence electrons. The van der Waals surface area contributed by atoms with Gasteiger partial charge in [0.2, 0.25) is 5.91 Å². The fourth-order valence-electron chi connectivity index (χ4n) is 3.02. The van der Waals surface area contributed by atoms with Crippen LogP contribution in [0, 0.1) is 0 Å². The normalized spacial score (nSPS) is 21.2. The van der Waals surface area contributed by atoms with Crippen LogP contribution < -0.4 is 5.32 Å². The molecule has 0 bridgehead atoms. The average Bonchev–Trinajstić information content (AvgIpc) is 2.28. The highest BCUT2D eigenvalue weighted by molar-refractivity contribution is 9.10. The fourth-order valence-corrected chi connectivity index (χ4v) is 3.38. The summed E-state index contributed by atoms with van der Waals surface area (Å²) in [5.41, 5.74) is 5.22. The van der Waals surface area contributed by atoms with Crippen molar-refractivity contribution in [2.45, 2.75) is 38.5 Å². The van der Waals surface area contributed by atoms with Gasteiger partial charge in [-0.3, -0.25) is 4.79 Å². The van der Waals surface area contributed by atoms with Crippen LogP contribution in [0.2, 0.25) is 0 Å². The second-order valence-corrected chi connectivity index (χ2v) is 6.67. The maximum absolute atomic E-state index is 11.5. The van der Waals surface area contributed by atoms with Gasteiger partial charge in [-0.05, 0) is 47.1 Å². The molecule has 0 spiro atoms. The van der Waals surface area contributed by atoms with E-state index in [0.29, 0.717) is 6.42 Å². The highest BCUT2D eigenvalue weighted by Gasteiger charge is 2.34. The number of allylic oxidation sites excluding steroid dienone is 2. The number of carbonyl (C=O) groups excluding carboxylic acids is 1. The van der Waals surface area contributed by atoms with Crippen LogP contribution in [-0.4, -0.2) is 5.91 Å².